The van der Waals surface area contributed by atoms with E-state index < -0.39 is 0 Å². The summed E-state index contributed by atoms with van der Waals surface area (Å²) < 4.78 is 8.16. The average molecular weight is 421 g/mol. The molecule has 0 aliphatic carbocycles. The Labute approximate surface area is 184 Å². The van der Waals surface area contributed by atoms with Gasteiger partial charge in [0.15, 0.2) is 11.6 Å². The van der Waals surface area contributed by atoms with Crippen LogP contribution in [0.2, 0.25) is 0 Å². The molecule has 7 heteroatoms. The molecular weight excluding hydrogens is 388 g/mol. The largest absolute Gasteiger partial charge is 0.370 e. The van der Waals surface area contributed by atoms with Crippen LogP contribution < -0.4 is 5.32 Å². The van der Waals surface area contributed by atoms with Gasteiger partial charge in [0.05, 0.1) is 13.2 Å². The molecule has 0 spiro atoms. The molecule has 4 rings (SSSR count). The Balaban J connectivity index is 1.39. The van der Waals surface area contributed by atoms with Gasteiger partial charge in [-0.05, 0) is 50.5 Å². The molecule has 7 nitrogen and oxygen atoms in total. The molecule has 1 atom stereocenters. The van der Waals surface area contributed by atoms with Crippen LogP contribution in [0.25, 0.3) is 5.65 Å². The molecule has 1 saturated heterocycles. The highest BCUT2D eigenvalue weighted by atomic mass is 16.5. The van der Waals surface area contributed by atoms with E-state index in [0.29, 0.717) is 6.61 Å². The van der Waals surface area contributed by atoms with E-state index >= 15 is 0 Å². The Morgan fingerprint density at radius 1 is 1.23 bits per heavy atom. The molecule has 1 aromatic carbocycles. The third-order valence-corrected chi connectivity index (χ3v) is 5.68. The first-order valence-electron chi connectivity index (χ1n) is 11.2. The molecule has 1 fully saturated rings. The summed E-state index contributed by atoms with van der Waals surface area (Å²) in [7, 11) is 0. The first-order chi connectivity index (χ1) is 15.2. The maximum atomic E-state index is 6.12. The minimum atomic E-state index is 0.0700. The van der Waals surface area contributed by atoms with Crippen molar-refractivity contribution in [3.63, 3.8) is 0 Å². The van der Waals surface area contributed by atoms with E-state index in [-0.39, 0.29) is 6.10 Å². The fourth-order valence-electron chi connectivity index (χ4n) is 4.13. The zero-order chi connectivity index (χ0) is 21.6. The second kappa shape index (κ2) is 9.92. The number of aryl methyl sites for hydroxylation is 3. The highest BCUT2D eigenvalue weighted by molar-refractivity contribution is 5.80. The number of fused-ring (bicyclic) bond motifs is 1. The van der Waals surface area contributed by atoms with Gasteiger partial charge in [-0.25, -0.2) is 0 Å². The van der Waals surface area contributed by atoms with Crippen molar-refractivity contribution < 1.29 is 4.74 Å². The van der Waals surface area contributed by atoms with Crippen molar-refractivity contribution in [1.82, 2.24) is 24.8 Å². The smallest absolute Gasteiger partial charge is 0.194 e. The zero-order valence-electron chi connectivity index (χ0n) is 18.7. The number of nitrogens with zero attached hydrogens (tertiary/aromatic N) is 5. The lowest BCUT2D eigenvalue weighted by Gasteiger charge is -2.36. The van der Waals surface area contributed by atoms with Gasteiger partial charge >= 0.3 is 0 Å². The van der Waals surface area contributed by atoms with Crippen molar-refractivity contribution in [3.05, 3.63) is 65.1 Å². The van der Waals surface area contributed by atoms with Crippen LogP contribution in [0.3, 0.4) is 0 Å². The minimum Gasteiger partial charge on any atom is -0.370 e. The Kier molecular flexibility index (Phi) is 6.82. The fourth-order valence-corrected chi connectivity index (χ4v) is 4.13. The predicted octanol–water partition coefficient (Wildman–Crippen LogP) is 3.32. The Hall–Kier alpha value is -2.93. The zero-order valence-corrected chi connectivity index (χ0v) is 18.7. The molecule has 0 saturated carbocycles. The topological polar surface area (TPSA) is 67.0 Å². The van der Waals surface area contributed by atoms with Crippen molar-refractivity contribution in [2.24, 2.45) is 4.99 Å². The second-order valence-electron chi connectivity index (χ2n) is 8.05. The predicted molar refractivity (Wildman–Crippen MR) is 123 cm³/mol. The van der Waals surface area contributed by atoms with Crippen LogP contribution in [-0.2, 0) is 11.2 Å². The Bertz CT molecular complexity index is 1040. The van der Waals surface area contributed by atoms with Gasteiger partial charge in [-0.2, -0.15) is 0 Å². The molecule has 1 N–H and O–H groups in total. The number of aliphatic imine (C=N–C) groups is 1. The average Bonchev–Trinajstić information content (AvgIpc) is 3.19. The highest BCUT2D eigenvalue weighted by Crippen LogP contribution is 2.26. The number of hydrogen-bond acceptors (Lipinski definition) is 4. The second-order valence-corrected chi connectivity index (χ2v) is 8.05. The number of benzene rings is 1. The molecule has 1 aliphatic heterocycles. The van der Waals surface area contributed by atoms with E-state index in [2.05, 4.69) is 59.4 Å². The van der Waals surface area contributed by atoms with Crippen LogP contribution in [0, 0.1) is 13.8 Å². The molecule has 2 aromatic heterocycles. The van der Waals surface area contributed by atoms with E-state index in [1.807, 2.05) is 28.8 Å². The SMILES string of the molecule is CCNC(=NCCCc1nnc2ccccn12)N1CCOC(c2ccc(C)cc2C)C1. The highest BCUT2D eigenvalue weighted by Gasteiger charge is 2.25. The van der Waals surface area contributed by atoms with E-state index in [1.54, 1.807) is 0 Å². The number of pyridine rings is 1. The van der Waals surface area contributed by atoms with Gasteiger partial charge in [0, 0.05) is 32.3 Å². The van der Waals surface area contributed by atoms with Crippen LogP contribution in [0.5, 0.6) is 0 Å². The number of guanidine groups is 1. The van der Waals surface area contributed by atoms with Crippen molar-refractivity contribution >= 4 is 11.6 Å². The van der Waals surface area contributed by atoms with E-state index in [4.69, 9.17) is 9.73 Å². The summed E-state index contributed by atoms with van der Waals surface area (Å²) in [5.41, 5.74) is 4.73. The maximum Gasteiger partial charge on any atom is 0.194 e. The summed E-state index contributed by atoms with van der Waals surface area (Å²) in [6.07, 6.45) is 3.86. The fraction of sp³-hybridized carbons (Fsp3) is 0.458. The number of morpholine rings is 1. The molecule has 3 heterocycles. The molecule has 0 amide bonds. The summed E-state index contributed by atoms with van der Waals surface area (Å²) in [5.74, 6) is 1.95. The maximum absolute atomic E-state index is 6.12. The summed E-state index contributed by atoms with van der Waals surface area (Å²) in [5, 5.41) is 12.0. The summed E-state index contributed by atoms with van der Waals surface area (Å²) >= 11 is 0. The number of ether oxygens (including phenoxy) is 1. The normalized spacial score (nSPS) is 17.3. The van der Waals surface area contributed by atoms with Gasteiger partial charge in [-0.3, -0.25) is 9.39 Å². The third kappa shape index (κ3) is 5.05. The molecule has 31 heavy (non-hydrogen) atoms. The first-order valence-corrected chi connectivity index (χ1v) is 11.2. The van der Waals surface area contributed by atoms with Crippen molar-refractivity contribution in [2.45, 2.75) is 39.7 Å². The van der Waals surface area contributed by atoms with Gasteiger partial charge in [0.25, 0.3) is 0 Å². The summed E-state index contributed by atoms with van der Waals surface area (Å²) in [6.45, 7) is 10.4. The van der Waals surface area contributed by atoms with Crippen molar-refractivity contribution in [1.29, 1.82) is 0 Å². The Morgan fingerprint density at radius 2 is 2.13 bits per heavy atom. The van der Waals surface area contributed by atoms with Gasteiger partial charge in [-0.15, -0.1) is 10.2 Å². The first kappa shape index (κ1) is 21.3. The van der Waals surface area contributed by atoms with E-state index in [9.17, 15) is 0 Å². The van der Waals surface area contributed by atoms with Crippen LogP contribution in [0.1, 0.15) is 42.0 Å². The lowest BCUT2D eigenvalue weighted by Crippen LogP contribution is -2.48. The number of nitrogens with one attached hydrogen (secondary N) is 1. The standard InChI is InChI=1S/C24H32N6O/c1-4-25-24(26-12-7-9-23-28-27-22-8-5-6-13-30(22)23)29-14-15-31-21(17-29)20-11-10-18(2)16-19(20)3/h5-6,8,10-11,13,16,21H,4,7,9,12,14-15,17H2,1-3H3,(H,25,26). The molecule has 1 aliphatic rings. The molecular formula is C24H32N6O. The van der Waals surface area contributed by atoms with Gasteiger partial charge in [0.1, 0.15) is 11.9 Å². The summed E-state index contributed by atoms with van der Waals surface area (Å²) in [4.78, 5) is 7.22. The third-order valence-electron chi connectivity index (χ3n) is 5.68. The molecule has 0 radical (unpaired) electrons. The number of aromatic nitrogens is 3. The van der Waals surface area contributed by atoms with Crippen molar-refractivity contribution in [2.75, 3.05) is 32.8 Å². The van der Waals surface area contributed by atoms with E-state index in [1.165, 1.54) is 16.7 Å². The number of rotatable bonds is 6. The monoisotopic (exact) mass is 420 g/mol. The summed E-state index contributed by atoms with van der Waals surface area (Å²) in [6, 6.07) is 12.6. The Morgan fingerprint density at radius 3 is 2.97 bits per heavy atom. The molecule has 164 valence electrons. The van der Waals surface area contributed by atoms with Crippen LogP contribution in [0.4, 0.5) is 0 Å². The quantitative estimate of drug-likeness (QED) is 0.376. The van der Waals surface area contributed by atoms with Crippen LogP contribution in [-0.4, -0.2) is 58.2 Å². The molecule has 1 unspecified atom stereocenters. The lowest BCUT2D eigenvalue weighted by atomic mass is 10.00. The van der Waals surface area contributed by atoms with Crippen LogP contribution in [0.15, 0.2) is 47.6 Å². The van der Waals surface area contributed by atoms with Gasteiger partial charge in [-0.1, -0.05) is 29.8 Å². The van der Waals surface area contributed by atoms with Crippen molar-refractivity contribution in [3.8, 4) is 0 Å². The molecule has 3 aromatic rings. The minimum absolute atomic E-state index is 0.0700. The van der Waals surface area contributed by atoms with Crippen LogP contribution >= 0.6 is 0 Å². The van der Waals surface area contributed by atoms with Gasteiger partial charge in [0.2, 0.25) is 0 Å². The van der Waals surface area contributed by atoms with E-state index in [0.717, 1.165) is 56.5 Å². The number of hydrogen-bond donors (Lipinski definition) is 1. The molecule has 0 bridgehead atoms. The van der Waals surface area contributed by atoms with Gasteiger partial charge < -0.3 is 15.0 Å². The lowest BCUT2D eigenvalue weighted by molar-refractivity contribution is -0.00833.